The largest absolute Gasteiger partial charge is 0.355 e. The molecule has 1 aromatic carbocycles. The van der Waals surface area contributed by atoms with E-state index < -0.39 is 0 Å². The summed E-state index contributed by atoms with van der Waals surface area (Å²) in [6.07, 6.45) is 2.36. The number of benzene rings is 1. The molecule has 0 aromatic heterocycles. The Labute approximate surface area is 103 Å². The highest BCUT2D eigenvalue weighted by Gasteiger charge is 2.03. The zero-order chi connectivity index (χ0) is 12.7. The van der Waals surface area contributed by atoms with Crippen LogP contribution >= 0.6 is 0 Å². The van der Waals surface area contributed by atoms with E-state index in [9.17, 15) is 4.79 Å². The summed E-state index contributed by atoms with van der Waals surface area (Å²) in [5.74, 6) is 0.0712. The van der Waals surface area contributed by atoms with Crippen LogP contribution < -0.4 is 11.1 Å². The number of nitrogens with two attached hydrogens (primary N) is 1. The molecule has 0 radical (unpaired) electrons. The molecule has 0 spiro atoms. The molecular formula is C14H22N2O. The van der Waals surface area contributed by atoms with Gasteiger partial charge in [0.2, 0.25) is 5.91 Å². The van der Waals surface area contributed by atoms with Gasteiger partial charge in [0, 0.05) is 19.0 Å². The molecule has 1 unspecified atom stereocenters. The van der Waals surface area contributed by atoms with Gasteiger partial charge in [-0.05, 0) is 30.9 Å². The zero-order valence-corrected chi connectivity index (χ0v) is 10.7. The van der Waals surface area contributed by atoms with E-state index in [-0.39, 0.29) is 11.9 Å². The number of carbonyl (C=O) groups excluding carboxylic acids is 1. The Morgan fingerprint density at radius 1 is 1.29 bits per heavy atom. The van der Waals surface area contributed by atoms with Crippen molar-refractivity contribution in [2.24, 2.45) is 5.73 Å². The molecule has 1 rings (SSSR count). The fourth-order valence-corrected chi connectivity index (χ4v) is 1.56. The molecule has 17 heavy (non-hydrogen) atoms. The van der Waals surface area contributed by atoms with Crippen LogP contribution in [0, 0.1) is 0 Å². The minimum atomic E-state index is 0.0165. The van der Waals surface area contributed by atoms with Gasteiger partial charge in [0.15, 0.2) is 0 Å². The Hall–Kier alpha value is -1.35. The number of amides is 1. The van der Waals surface area contributed by atoms with E-state index in [1.165, 1.54) is 11.1 Å². The van der Waals surface area contributed by atoms with Crippen molar-refractivity contribution in [2.75, 3.05) is 6.54 Å². The van der Waals surface area contributed by atoms with Gasteiger partial charge in [-0.1, -0.05) is 31.2 Å². The molecule has 3 heteroatoms. The van der Waals surface area contributed by atoms with E-state index in [1.54, 1.807) is 0 Å². The first-order valence-corrected chi connectivity index (χ1v) is 6.22. The standard InChI is InChI=1S/C14H22N2O/c1-3-12-4-6-13(7-5-12)8-9-14(17)16-10-11(2)15/h4-7,11H,3,8-10,15H2,1-2H3,(H,16,17). The Kier molecular flexibility index (Phi) is 5.70. The Balaban J connectivity index is 2.31. The SMILES string of the molecule is CCc1ccc(CCC(=O)NCC(C)N)cc1. The molecule has 94 valence electrons. The van der Waals surface area contributed by atoms with Crippen LogP contribution in [0.25, 0.3) is 0 Å². The summed E-state index contributed by atoms with van der Waals surface area (Å²) in [6.45, 7) is 4.56. The van der Waals surface area contributed by atoms with Crippen LogP contribution in [0.1, 0.15) is 31.4 Å². The number of hydrogen-bond donors (Lipinski definition) is 2. The molecule has 0 aliphatic rings. The quantitative estimate of drug-likeness (QED) is 0.786. The molecule has 0 aliphatic heterocycles. The maximum Gasteiger partial charge on any atom is 0.220 e. The molecule has 1 aromatic rings. The van der Waals surface area contributed by atoms with Crippen molar-refractivity contribution >= 4 is 5.91 Å². The van der Waals surface area contributed by atoms with Gasteiger partial charge in [-0.3, -0.25) is 4.79 Å². The van der Waals surface area contributed by atoms with Gasteiger partial charge in [0.05, 0.1) is 0 Å². The Bertz CT molecular complexity index is 344. The molecule has 0 saturated heterocycles. The van der Waals surface area contributed by atoms with Crippen molar-refractivity contribution in [1.29, 1.82) is 0 Å². The van der Waals surface area contributed by atoms with Crippen LogP contribution in [-0.4, -0.2) is 18.5 Å². The van der Waals surface area contributed by atoms with E-state index in [0.717, 1.165) is 12.8 Å². The van der Waals surface area contributed by atoms with Gasteiger partial charge in [0.25, 0.3) is 0 Å². The third kappa shape index (κ3) is 5.50. The summed E-state index contributed by atoms with van der Waals surface area (Å²) in [5.41, 5.74) is 8.10. The lowest BCUT2D eigenvalue weighted by molar-refractivity contribution is -0.121. The first kappa shape index (κ1) is 13.7. The van der Waals surface area contributed by atoms with Gasteiger partial charge < -0.3 is 11.1 Å². The maximum atomic E-state index is 11.5. The molecule has 3 N–H and O–H groups in total. The molecular weight excluding hydrogens is 212 g/mol. The second kappa shape index (κ2) is 7.07. The average Bonchev–Trinajstić information content (AvgIpc) is 2.34. The average molecular weight is 234 g/mol. The van der Waals surface area contributed by atoms with Gasteiger partial charge in [0.1, 0.15) is 0 Å². The van der Waals surface area contributed by atoms with Gasteiger partial charge in [-0.15, -0.1) is 0 Å². The first-order valence-electron chi connectivity index (χ1n) is 6.22. The number of carbonyl (C=O) groups is 1. The summed E-state index contributed by atoms with van der Waals surface area (Å²) in [7, 11) is 0. The van der Waals surface area contributed by atoms with Crippen LogP contribution in [-0.2, 0) is 17.6 Å². The number of hydrogen-bond acceptors (Lipinski definition) is 2. The predicted octanol–water partition coefficient (Wildman–Crippen LogP) is 1.64. The van der Waals surface area contributed by atoms with Crippen molar-refractivity contribution in [3.05, 3.63) is 35.4 Å². The minimum Gasteiger partial charge on any atom is -0.355 e. The lowest BCUT2D eigenvalue weighted by Crippen LogP contribution is -2.35. The topological polar surface area (TPSA) is 55.1 Å². The van der Waals surface area contributed by atoms with E-state index in [4.69, 9.17) is 5.73 Å². The summed E-state index contributed by atoms with van der Waals surface area (Å²) < 4.78 is 0. The van der Waals surface area contributed by atoms with Crippen LogP contribution in [0.2, 0.25) is 0 Å². The monoisotopic (exact) mass is 234 g/mol. The van der Waals surface area contributed by atoms with Gasteiger partial charge >= 0.3 is 0 Å². The predicted molar refractivity (Wildman–Crippen MR) is 70.8 cm³/mol. The fourth-order valence-electron chi connectivity index (χ4n) is 1.56. The third-order valence-electron chi connectivity index (χ3n) is 2.69. The number of rotatable bonds is 6. The molecule has 1 amide bonds. The van der Waals surface area contributed by atoms with Crippen molar-refractivity contribution in [1.82, 2.24) is 5.32 Å². The fraction of sp³-hybridized carbons (Fsp3) is 0.500. The number of aryl methyl sites for hydroxylation is 2. The van der Waals surface area contributed by atoms with Crippen LogP contribution in [0.4, 0.5) is 0 Å². The van der Waals surface area contributed by atoms with Crippen LogP contribution in [0.15, 0.2) is 24.3 Å². The van der Waals surface area contributed by atoms with Crippen molar-refractivity contribution < 1.29 is 4.79 Å². The lowest BCUT2D eigenvalue weighted by Gasteiger charge is -2.07. The summed E-state index contributed by atoms with van der Waals surface area (Å²) >= 11 is 0. The van der Waals surface area contributed by atoms with Crippen molar-refractivity contribution in [3.63, 3.8) is 0 Å². The van der Waals surface area contributed by atoms with E-state index in [0.29, 0.717) is 13.0 Å². The van der Waals surface area contributed by atoms with Crippen molar-refractivity contribution in [3.8, 4) is 0 Å². The molecule has 0 aliphatic carbocycles. The molecule has 0 saturated carbocycles. The number of nitrogens with one attached hydrogen (secondary N) is 1. The van der Waals surface area contributed by atoms with E-state index in [1.807, 2.05) is 6.92 Å². The van der Waals surface area contributed by atoms with E-state index in [2.05, 4.69) is 36.5 Å². The summed E-state index contributed by atoms with van der Waals surface area (Å²) in [4.78, 5) is 11.5. The Morgan fingerprint density at radius 2 is 1.88 bits per heavy atom. The normalized spacial score (nSPS) is 12.2. The van der Waals surface area contributed by atoms with E-state index >= 15 is 0 Å². The molecule has 0 fully saturated rings. The molecule has 0 bridgehead atoms. The van der Waals surface area contributed by atoms with Crippen molar-refractivity contribution in [2.45, 2.75) is 39.2 Å². The molecule has 0 heterocycles. The van der Waals surface area contributed by atoms with Crippen LogP contribution in [0.5, 0.6) is 0 Å². The third-order valence-corrected chi connectivity index (χ3v) is 2.69. The first-order chi connectivity index (χ1) is 8.11. The smallest absolute Gasteiger partial charge is 0.220 e. The highest BCUT2D eigenvalue weighted by Crippen LogP contribution is 2.07. The van der Waals surface area contributed by atoms with Crippen LogP contribution in [0.3, 0.4) is 0 Å². The lowest BCUT2D eigenvalue weighted by atomic mass is 10.1. The summed E-state index contributed by atoms with van der Waals surface area (Å²) in [6, 6.07) is 8.45. The minimum absolute atomic E-state index is 0.0165. The second-order valence-electron chi connectivity index (χ2n) is 4.45. The highest BCUT2D eigenvalue weighted by atomic mass is 16.1. The zero-order valence-electron chi connectivity index (χ0n) is 10.7. The molecule has 1 atom stereocenters. The maximum absolute atomic E-state index is 11.5. The summed E-state index contributed by atoms with van der Waals surface area (Å²) in [5, 5.41) is 2.81. The second-order valence-corrected chi connectivity index (χ2v) is 4.45. The molecule has 3 nitrogen and oxygen atoms in total. The van der Waals surface area contributed by atoms with Gasteiger partial charge in [-0.2, -0.15) is 0 Å². The van der Waals surface area contributed by atoms with Gasteiger partial charge in [-0.25, -0.2) is 0 Å². The highest BCUT2D eigenvalue weighted by molar-refractivity contribution is 5.76. The Morgan fingerprint density at radius 3 is 2.41 bits per heavy atom.